The van der Waals surface area contributed by atoms with E-state index in [-0.39, 0.29) is 70.4 Å². The van der Waals surface area contributed by atoms with E-state index in [1.807, 2.05) is 25.2 Å². The topological polar surface area (TPSA) is 138 Å². The molecule has 12 nitrogen and oxygen atoms in total. The van der Waals surface area contributed by atoms with Gasteiger partial charge in [-0.2, -0.15) is 0 Å². The number of thiophene rings is 1. The van der Waals surface area contributed by atoms with E-state index in [1.165, 1.54) is 36.8 Å². The van der Waals surface area contributed by atoms with Gasteiger partial charge in [-0.25, -0.2) is 22.6 Å². The number of ether oxygens (including phenoxy) is 1. The van der Waals surface area contributed by atoms with E-state index in [0.29, 0.717) is 74.4 Å². The molecule has 7 fully saturated rings. The van der Waals surface area contributed by atoms with Crippen molar-refractivity contribution in [1.82, 2.24) is 25.1 Å². The Labute approximate surface area is 421 Å². The van der Waals surface area contributed by atoms with Crippen molar-refractivity contribution in [2.45, 2.75) is 169 Å². The molecule has 3 aliphatic heterocycles. The number of fused-ring (bicyclic) bond motifs is 2. The third-order valence-corrected chi connectivity index (χ3v) is 20.3. The fourth-order valence-corrected chi connectivity index (χ4v) is 15.9. The number of esters is 1. The minimum Gasteiger partial charge on any atom is -0.461 e. The maximum absolute atomic E-state index is 17.0. The Morgan fingerprint density at radius 2 is 1.60 bits per heavy atom. The minimum absolute atomic E-state index is 0.00214. The molecule has 1 aromatic heterocycles. The lowest BCUT2D eigenvalue weighted by Crippen LogP contribution is -2.59. The maximum atomic E-state index is 17.0. The maximum Gasteiger partial charge on any atom is 0.355 e. The highest BCUT2D eigenvalue weighted by Crippen LogP contribution is 2.63. The molecule has 1 unspecified atom stereocenters. The third-order valence-electron chi connectivity index (χ3n) is 17.1. The minimum atomic E-state index is -4.62. The van der Waals surface area contributed by atoms with Crippen LogP contribution < -0.4 is 14.9 Å². The van der Waals surface area contributed by atoms with Crippen molar-refractivity contribution in [1.29, 1.82) is 0 Å². The largest absolute Gasteiger partial charge is 0.461 e. The lowest BCUT2D eigenvalue weighted by molar-refractivity contribution is -0.227. The van der Waals surface area contributed by atoms with E-state index in [2.05, 4.69) is 32.3 Å². The van der Waals surface area contributed by atoms with Gasteiger partial charge in [0.05, 0.1) is 4.88 Å². The molecule has 384 valence electrons. The number of halogens is 4. The third kappa shape index (κ3) is 9.49. The van der Waals surface area contributed by atoms with Crippen molar-refractivity contribution >= 4 is 52.6 Å². The fraction of sp³-hybridized carbons (Fsp3) is 0.556. The Kier molecular flexibility index (Phi) is 12.9. The van der Waals surface area contributed by atoms with Crippen LogP contribution in [0.4, 0.5) is 17.6 Å². The summed E-state index contributed by atoms with van der Waals surface area (Å²) in [6.45, 7) is 1.97. The van der Waals surface area contributed by atoms with Crippen LogP contribution >= 0.6 is 18.9 Å². The molecule has 4 aliphatic carbocycles. The van der Waals surface area contributed by atoms with Gasteiger partial charge in [-0.05, 0) is 143 Å². The summed E-state index contributed by atoms with van der Waals surface area (Å²) in [5.74, 6) is -6.33. The number of hydrogen-bond donors (Lipinski definition) is 2. The van der Waals surface area contributed by atoms with Gasteiger partial charge in [-0.3, -0.25) is 23.7 Å². The highest BCUT2D eigenvalue weighted by Gasteiger charge is 2.63. The molecule has 11 rings (SSSR count). The smallest absolute Gasteiger partial charge is 0.355 e. The number of hydrogen-bond acceptors (Lipinski definition) is 9. The molecule has 4 heterocycles. The van der Waals surface area contributed by atoms with Gasteiger partial charge in [0.2, 0.25) is 23.6 Å². The van der Waals surface area contributed by atoms with Gasteiger partial charge in [0, 0.05) is 53.7 Å². The first kappa shape index (κ1) is 49.4. The quantitative estimate of drug-likeness (QED) is 0.0718. The van der Waals surface area contributed by atoms with E-state index < -0.39 is 67.0 Å². The van der Waals surface area contributed by atoms with E-state index in [1.54, 1.807) is 35.2 Å². The molecule has 7 aliphatic rings. The molecule has 2 N–H and O–H groups in total. The molecule has 2 spiro atoms. The summed E-state index contributed by atoms with van der Waals surface area (Å²) < 4.78 is 85.0. The summed E-state index contributed by atoms with van der Waals surface area (Å²) in [5.41, 5.74) is 0.430. The molecule has 72 heavy (non-hydrogen) atoms. The molecular weight excluding hydrogens is 970 g/mol. The van der Waals surface area contributed by atoms with Crippen molar-refractivity contribution in [3.8, 4) is 5.75 Å². The van der Waals surface area contributed by atoms with Gasteiger partial charge in [-0.1, -0.05) is 54.6 Å². The predicted octanol–water partition coefficient (Wildman–Crippen LogP) is 10.2. The average molecular weight is 1030 g/mol. The summed E-state index contributed by atoms with van der Waals surface area (Å²) in [4.78, 5) is 63.7. The number of carbonyl (C=O) groups is 4. The van der Waals surface area contributed by atoms with Crippen LogP contribution in [-0.4, -0.2) is 112 Å². The first-order chi connectivity index (χ1) is 34.4. The molecule has 4 saturated carbocycles. The molecule has 3 amide bonds. The normalized spacial score (nSPS) is 29.8. The molecular formula is C54H62F4N5O7PS. The monoisotopic (exact) mass is 1030 g/mol. The summed E-state index contributed by atoms with van der Waals surface area (Å²) in [7, 11) is -2.60. The van der Waals surface area contributed by atoms with Gasteiger partial charge in [0.1, 0.15) is 36.2 Å². The molecule has 18 heteroatoms. The Bertz CT molecular complexity index is 2760. The Morgan fingerprint density at radius 3 is 2.28 bits per heavy atom. The number of rotatable bonds is 14. The van der Waals surface area contributed by atoms with Crippen LogP contribution in [-0.2, 0) is 23.7 Å². The van der Waals surface area contributed by atoms with Crippen molar-refractivity contribution in [3.05, 3.63) is 101 Å². The van der Waals surface area contributed by atoms with E-state index >= 15 is 4.39 Å². The Morgan fingerprint density at radius 1 is 0.889 bits per heavy atom. The number of benzene rings is 3. The fourth-order valence-electron chi connectivity index (χ4n) is 13.0. The zero-order valence-corrected chi connectivity index (χ0v) is 42.2. The number of nitrogens with one attached hydrogen (secondary N) is 2. The van der Waals surface area contributed by atoms with Crippen LogP contribution in [0.3, 0.4) is 0 Å². The van der Waals surface area contributed by atoms with E-state index in [9.17, 15) is 36.9 Å². The number of carbonyl (C=O) groups excluding carboxylic acids is 4. The van der Waals surface area contributed by atoms with Crippen LogP contribution in [0.2, 0.25) is 0 Å². The standard InChI is InChI=1S/C54H62F4N5O7PS/c1-32(51(67)69-42-27-52(28-42)30-54(57,58)31-52)60-71(68,70-41-11-7-4-8-12-41)47(56)34-13-18-45-35(21-34)22-46(72-45)48(64)59-43-16-14-38(61(2)40-23-37(55)24-40)25-39-15-17-44(63(39)49(43)65)50(66)62-29-36(26-53(62)19-20-53)33-9-5-3-6-10-33/h3-13,18,21-22,32,36-40,42-44,47H,14-17,19-20,23-31H2,1-2H3,(H,59,64)(H,60,68)/t32-,36+,37?,38-,39+,40?,43-,44-,47+,71?/m0/s1. The molecule has 0 bridgehead atoms. The zero-order chi connectivity index (χ0) is 50.3. The van der Waals surface area contributed by atoms with Crippen LogP contribution in [0.1, 0.15) is 129 Å². The van der Waals surface area contributed by atoms with Gasteiger partial charge in [0.15, 0.2) is 0 Å². The Balaban J connectivity index is 0.808. The van der Waals surface area contributed by atoms with Crippen LogP contribution in [0, 0.1) is 5.41 Å². The van der Waals surface area contributed by atoms with Crippen LogP contribution in [0.15, 0.2) is 84.9 Å². The van der Waals surface area contributed by atoms with Crippen molar-refractivity contribution in [2.24, 2.45) is 5.41 Å². The van der Waals surface area contributed by atoms with E-state index in [0.717, 1.165) is 30.6 Å². The van der Waals surface area contributed by atoms with Crippen molar-refractivity contribution < 1.29 is 50.6 Å². The zero-order valence-electron chi connectivity index (χ0n) is 40.5. The number of alkyl halides is 4. The highest BCUT2D eigenvalue weighted by molar-refractivity contribution is 7.57. The predicted molar refractivity (Wildman–Crippen MR) is 264 cm³/mol. The first-order valence-corrected chi connectivity index (χ1v) is 28.1. The van der Waals surface area contributed by atoms with Crippen molar-refractivity contribution in [2.75, 3.05) is 13.6 Å². The lowest BCUT2D eigenvalue weighted by Gasteiger charge is -2.56. The second kappa shape index (κ2) is 18.8. The molecule has 3 aromatic carbocycles. The molecule has 0 radical (unpaired) electrons. The van der Waals surface area contributed by atoms with Gasteiger partial charge in [-0.15, -0.1) is 11.3 Å². The van der Waals surface area contributed by atoms with Gasteiger partial charge in [0.25, 0.3) is 5.91 Å². The van der Waals surface area contributed by atoms with Crippen LogP contribution in [0.25, 0.3) is 10.1 Å². The number of nitrogens with zero attached hydrogens (tertiary/aromatic N) is 3. The number of amides is 3. The second-order valence-electron chi connectivity index (χ2n) is 22.1. The molecule has 4 aromatic rings. The Hall–Kier alpha value is -4.83. The summed E-state index contributed by atoms with van der Waals surface area (Å²) in [5, 5.41) is 6.11. The average Bonchev–Trinajstić information content (AvgIpc) is 3.60. The van der Waals surface area contributed by atoms with Gasteiger partial charge < -0.3 is 29.3 Å². The van der Waals surface area contributed by atoms with E-state index in [4.69, 9.17) is 9.26 Å². The number of para-hydroxylation sites is 1. The molecule has 3 saturated heterocycles. The van der Waals surface area contributed by atoms with Gasteiger partial charge >= 0.3 is 13.5 Å². The summed E-state index contributed by atoms with van der Waals surface area (Å²) >= 11 is 1.15. The number of likely N-dealkylation sites (tertiary alicyclic amines) is 1. The van der Waals surface area contributed by atoms with Crippen molar-refractivity contribution in [3.63, 3.8) is 0 Å². The SMILES string of the molecule is C[C@H](NP(=O)(Oc1ccccc1)[C@@H](F)c1ccc2sc(C(=O)N[C@H]3CC[C@H](N(C)C4CC(F)C4)C[C@H]4CC[C@@H](C(=O)N5C[C@H](c6ccccc6)CC56CC6)N4C3=O)cc2c1)C(=O)OC1CC2(C1)CC(F)(F)C2. The first-order valence-electron chi connectivity index (χ1n) is 25.6. The molecule has 8 atom stereocenters. The summed E-state index contributed by atoms with van der Waals surface area (Å²) in [6, 6.07) is 21.3. The summed E-state index contributed by atoms with van der Waals surface area (Å²) in [6.07, 6.45) is 5.11. The highest BCUT2D eigenvalue weighted by atomic mass is 32.1. The lowest BCUT2D eigenvalue weighted by atomic mass is 9.53. The van der Waals surface area contributed by atoms with Crippen LogP contribution in [0.5, 0.6) is 5.75 Å². The second-order valence-corrected chi connectivity index (χ2v) is 25.3.